The van der Waals surface area contributed by atoms with E-state index in [1.54, 1.807) is 0 Å². The molecular formula is C21H38O3. The van der Waals surface area contributed by atoms with E-state index in [1.807, 2.05) is 6.08 Å². The average molecular weight is 339 g/mol. The van der Waals surface area contributed by atoms with Gasteiger partial charge in [0, 0.05) is 12.3 Å². The Kier molecular flexibility index (Phi) is 16.1. The van der Waals surface area contributed by atoms with Gasteiger partial charge < -0.3 is 10.2 Å². The third-order valence-corrected chi connectivity index (χ3v) is 4.61. The van der Waals surface area contributed by atoms with Crippen LogP contribution in [0.25, 0.3) is 0 Å². The van der Waals surface area contributed by atoms with Crippen molar-refractivity contribution in [1.82, 2.24) is 0 Å². The first-order valence-electron chi connectivity index (χ1n) is 9.87. The van der Waals surface area contributed by atoms with Gasteiger partial charge in [0.15, 0.2) is 0 Å². The van der Waals surface area contributed by atoms with Crippen molar-refractivity contribution in [3.05, 3.63) is 18.4 Å². The normalized spacial score (nSPS) is 13.2. The minimum atomic E-state index is -0.693. The number of carboxylic acids is 1. The van der Waals surface area contributed by atoms with E-state index >= 15 is 0 Å². The monoisotopic (exact) mass is 338 g/mol. The molecule has 2 unspecified atom stereocenters. The minimum Gasteiger partial charge on any atom is -0.481 e. The molecule has 0 rings (SSSR count). The van der Waals surface area contributed by atoms with Crippen molar-refractivity contribution in [2.75, 3.05) is 0 Å². The molecule has 0 heterocycles. The second kappa shape index (κ2) is 16.8. The summed E-state index contributed by atoms with van der Waals surface area (Å²) in [5, 5.41) is 18.9. The molecular weight excluding hydrogens is 300 g/mol. The zero-order chi connectivity index (χ0) is 18.0. The molecule has 0 saturated carbocycles. The van der Waals surface area contributed by atoms with Crippen LogP contribution in [0.2, 0.25) is 0 Å². The molecule has 0 spiro atoms. The SMILES string of the molecule is C=C=CC(CCCCCC)C(O)CCCCCCCCCC(=O)O. The fourth-order valence-electron chi connectivity index (χ4n) is 3.07. The molecule has 3 heteroatoms. The van der Waals surface area contributed by atoms with E-state index in [0.717, 1.165) is 44.9 Å². The highest BCUT2D eigenvalue weighted by molar-refractivity contribution is 5.66. The summed E-state index contributed by atoms with van der Waals surface area (Å²) in [7, 11) is 0. The Hall–Kier alpha value is -1.05. The Labute approximate surface area is 148 Å². The second-order valence-corrected chi connectivity index (χ2v) is 6.86. The van der Waals surface area contributed by atoms with Gasteiger partial charge in [-0.05, 0) is 25.3 Å². The molecule has 0 aliphatic rings. The number of aliphatic hydroxyl groups is 1. The highest BCUT2D eigenvalue weighted by Crippen LogP contribution is 2.20. The standard InChI is InChI=1S/C21H38O3/c1-3-5-6-12-16-19(15-4-2)20(22)17-13-10-8-7-9-11-14-18-21(23)24/h15,19-20,22H,2-3,5-14,16-18H2,1H3,(H,23,24). The highest BCUT2D eigenvalue weighted by atomic mass is 16.4. The van der Waals surface area contributed by atoms with Gasteiger partial charge in [-0.3, -0.25) is 4.79 Å². The summed E-state index contributed by atoms with van der Waals surface area (Å²) in [4.78, 5) is 10.4. The van der Waals surface area contributed by atoms with Gasteiger partial charge in [-0.15, -0.1) is 5.73 Å². The van der Waals surface area contributed by atoms with Gasteiger partial charge in [-0.25, -0.2) is 0 Å². The van der Waals surface area contributed by atoms with Crippen LogP contribution in [-0.4, -0.2) is 22.3 Å². The average Bonchev–Trinajstić information content (AvgIpc) is 2.55. The Bertz CT molecular complexity index is 345. The third-order valence-electron chi connectivity index (χ3n) is 4.61. The van der Waals surface area contributed by atoms with E-state index in [0.29, 0.717) is 6.42 Å². The van der Waals surface area contributed by atoms with E-state index in [-0.39, 0.29) is 12.0 Å². The molecule has 0 aromatic carbocycles. The van der Waals surface area contributed by atoms with Crippen molar-refractivity contribution >= 4 is 5.97 Å². The molecule has 0 aliphatic heterocycles. The number of hydrogen-bond donors (Lipinski definition) is 2. The Balaban J connectivity index is 3.67. The molecule has 140 valence electrons. The van der Waals surface area contributed by atoms with Gasteiger partial charge in [0.2, 0.25) is 0 Å². The van der Waals surface area contributed by atoms with Crippen LogP contribution in [0.5, 0.6) is 0 Å². The Morgan fingerprint density at radius 3 is 2.08 bits per heavy atom. The first-order chi connectivity index (χ1) is 11.6. The van der Waals surface area contributed by atoms with Gasteiger partial charge >= 0.3 is 5.97 Å². The van der Waals surface area contributed by atoms with Crippen LogP contribution in [0, 0.1) is 5.92 Å². The van der Waals surface area contributed by atoms with Crippen molar-refractivity contribution < 1.29 is 15.0 Å². The molecule has 0 fully saturated rings. The number of carboxylic acid groups (broad SMARTS) is 1. The van der Waals surface area contributed by atoms with E-state index in [2.05, 4.69) is 19.2 Å². The van der Waals surface area contributed by atoms with Crippen LogP contribution in [0.15, 0.2) is 18.4 Å². The number of rotatable bonds is 17. The van der Waals surface area contributed by atoms with Gasteiger partial charge in [-0.2, -0.15) is 0 Å². The van der Waals surface area contributed by atoms with Gasteiger partial charge in [0.25, 0.3) is 0 Å². The lowest BCUT2D eigenvalue weighted by Gasteiger charge is -2.19. The lowest BCUT2D eigenvalue weighted by atomic mass is 9.91. The summed E-state index contributed by atoms with van der Waals surface area (Å²) in [6.45, 7) is 5.87. The smallest absolute Gasteiger partial charge is 0.303 e. The summed E-state index contributed by atoms with van der Waals surface area (Å²) in [5.41, 5.74) is 2.85. The van der Waals surface area contributed by atoms with E-state index in [1.165, 1.54) is 38.5 Å². The van der Waals surface area contributed by atoms with Crippen LogP contribution in [0.4, 0.5) is 0 Å². The highest BCUT2D eigenvalue weighted by Gasteiger charge is 2.15. The number of aliphatic hydroxyl groups excluding tert-OH is 1. The number of carbonyl (C=O) groups is 1. The molecule has 0 aromatic heterocycles. The fraction of sp³-hybridized carbons (Fsp3) is 0.810. The van der Waals surface area contributed by atoms with Crippen molar-refractivity contribution in [2.24, 2.45) is 5.92 Å². The van der Waals surface area contributed by atoms with E-state index in [9.17, 15) is 9.90 Å². The number of aliphatic carboxylic acids is 1. The van der Waals surface area contributed by atoms with Gasteiger partial charge in [-0.1, -0.05) is 77.7 Å². The first-order valence-corrected chi connectivity index (χ1v) is 9.87. The lowest BCUT2D eigenvalue weighted by Crippen LogP contribution is -2.18. The van der Waals surface area contributed by atoms with Crippen molar-refractivity contribution in [3.63, 3.8) is 0 Å². The van der Waals surface area contributed by atoms with Crippen molar-refractivity contribution in [3.8, 4) is 0 Å². The van der Waals surface area contributed by atoms with Crippen molar-refractivity contribution in [2.45, 2.75) is 103 Å². The fourth-order valence-corrected chi connectivity index (χ4v) is 3.07. The molecule has 24 heavy (non-hydrogen) atoms. The molecule has 0 aromatic rings. The Morgan fingerprint density at radius 2 is 1.50 bits per heavy atom. The number of hydrogen-bond acceptors (Lipinski definition) is 2. The second-order valence-electron chi connectivity index (χ2n) is 6.86. The van der Waals surface area contributed by atoms with Gasteiger partial charge in [0.1, 0.15) is 0 Å². The number of unbranched alkanes of at least 4 members (excludes halogenated alkanes) is 9. The molecule has 2 atom stereocenters. The third kappa shape index (κ3) is 14.5. The minimum absolute atomic E-state index is 0.204. The summed E-state index contributed by atoms with van der Waals surface area (Å²) in [6, 6.07) is 0. The maximum Gasteiger partial charge on any atom is 0.303 e. The molecule has 0 saturated heterocycles. The van der Waals surface area contributed by atoms with Crippen LogP contribution in [0.1, 0.15) is 96.8 Å². The summed E-state index contributed by atoms with van der Waals surface area (Å²) in [6.07, 6.45) is 16.3. The molecule has 0 amide bonds. The van der Waals surface area contributed by atoms with E-state index in [4.69, 9.17) is 5.11 Å². The summed E-state index contributed by atoms with van der Waals surface area (Å²) < 4.78 is 0. The summed E-state index contributed by atoms with van der Waals surface area (Å²) >= 11 is 0. The maximum atomic E-state index is 10.4. The molecule has 3 nitrogen and oxygen atoms in total. The predicted octanol–water partition coefficient (Wildman–Crippen LogP) is 5.87. The van der Waals surface area contributed by atoms with Crippen LogP contribution >= 0.6 is 0 Å². The quantitative estimate of drug-likeness (QED) is 0.257. The van der Waals surface area contributed by atoms with Crippen LogP contribution < -0.4 is 0 Å². The first kappa shape index (κ1) is 22.9. The zero-order valence-electron chi connectivity index (χ0n) is 15.6. The molecule has 0 bridgehead atoms. The largest absolute Gasteiger partial charge is 0.481 e. The molecule has 0 aliphatic carbocycles. The Morgan fingerprint density at radius 1 is 0.958 bits per heavy atom. The predicted molar refractivity (Wildman–Crippen MR) is 101 cm³/mol. The zero-order valence-corrected chi connectivity index (χ0v) is 15.6. The lowest BCUT2D eigenvalue weighted by molar-refractivity contribution is -0.137. The van der Waals surface area contributed by atoms with Crippen LogP contribution in [0.3, 0.4) is 0 Å². The molecule has 2 N–H and O–H groups in total. The van der Waals surface area contributed by atoms with Crippen LogP contribution in [-0.2, 0) is 4.79 Å². The van der Waals surface area contributed by atoms with Crippen molar-refractivity contribution in [1.29, 1.82) is 0 Å². The maximum absolute atomic E-state index is 10.4. The summed E-state index contributed by atoms with van der Waals surface area (Å²) in [5.74, 6) is -0.489. The topological polar surface area (TPSA) is 57.5 Å². The molecule has 0 radical (unpaired) electrons. The van der Waals surface area contributed by atoms with Gasteiger partial charge in [0.05, 0.1) is 6.10 Å². The van der Waals surface area contributed by atoms with E-state index < -0.39 is 5.97 Å².